The molecule has 1 amide bonds. The number of nitrogens with zero attached hydrogens (tertiary/aromatic N) is 2. The quantitative estimate of drug-likeness (QED) is 0.675. The first-order chi connectivity index (χ1) is 13.2. The minimum Gasteiger partial charge on any atom is -0.348 e. The lowest BCUT2D eigenvalue weighted by Crippen LogP contribution is -2.17. The molecule has 2 heterocycles. The maximum Gasteiger partial charge on any atom is 0.408 e. The Kier molecular flexibility index (Phi) is 4.17. The number of alkyl halides is 3. The summed E-state index contributed by atoms with van der Waals surface area (Å²) in [5.41, 5.74) is 1.99. The molecule has 0 bridgehead atoms. The predicted molar refractivity (Wildman–Crippen MR) is 90.2 cm³/mol. The minimum absolute atomic E-state index is 0.0301. The number of carbonyl (C=O) groups is 1. The maximum atomic E-state index is 14.4. The van der Waals surface area contributed by atoms with Crippen molar-refractivity contribution in [1.82, 2.24) is 15.1 Å². The van der Waals surface area contributed by atoms with Crippen LogP contribution in [0.3, 0.4) is 0 Å². The molecule has 2 aromatic carbocycles. The molecule has 1 aromatic heterocycles. The lowest BCUT2D eigenvalue weighted by molar-refractivity contribution is -0.142. The van der Waals surface area contributed by atoms with E-state index in [2.05, 4.69) is 10.4 Å². The van der Waals surface area contributed by atoms with Gasteiger partial charge in [-0.15, -0.1) is 0 Å². The fraction of sp³-hybridized carbons (Fsp3) is 0.158. The number of hydrogen-bond acceptors (Lipinski definition) is 2. The first-order valence-corrected chi connectivity index (χ1v) is 8.21. The van der Waals surface area contributed by atoms with Crippen molar-refractivity contribution in [1.29, 1.82) is 0 Å². The molecule has 0 saturated carbocycles. The second-order valence-corrected chi connectivity index (χ2v) is 6.40. The van der Waals surface area contributed by atoms with Gasteiger partial charge in [0, 0.05) is 35.5 Å². The van der Waals surface area contributed by atoms with Crippen LogP contribution < -0.4 is 5.32 Å². The second-order valence-electron chi connectivity index (χ2n) is 6.40. The number of rotatable bonds is 3. The van der Waals surface area contributed by atoms with Gasteiger partial charge in [-0.1, -0.05) is 0 Å². The van der Waals surface area contributed by atoms with Crippen molar-refractivity contribution in [3.63, 3.8) is 0 Å². The number of amides is 1. The highest BCUT2D eigenvalue weighted by molar-refractivity contribution is 6.01. The summed E-state index contributed by atoms with van der Waals surface area (Å²) < 4.78 is 66.3. The zero-order valence-corrected chi connectivity index (χ0v) is 14.1. The maximum absolute atomic E-state index is 14.4. The van der Waals surface area contributed by atoms with Crippen molar-refractivity contribution in [3.05, 3.63) is 65.5 Å². The van der Waals surface area contributed by atoms with Crippen LogP contribution in [-0.2, 0) is 13.1 Å². The van der Waals surface area contributed by atoms with E-state index in [-0.39, 0.29) is 23.6 Å². The lowest BCUT2D eigenvalue weighted by Gasteiger charge is -2.12. The molecule has 1 aliphatic heterocycles. The molecule has 3 aromatic rings. The van der Waals surface area contributed by atoms with E-state index >= 15 is 0 Å². The van der Waals surface area contributed by atoms with E-state index in [0.717, 1.165) is 10.7 Å². The molecule has 0 fully saturated rings. The van der Waals surface area contributed by atoms with Crippen LogP contribution in [-0.4, -0.2) is 21.9 Å². The van der Waals surface area contributed by atoms with Gasteiger partial charge in [-0.25, -0.2) is 8.78 Å². The molecule has 9 heteroatoms. The average Bonchev–Trinajstić information content (AvgIpc) is 3.19. The van der Waals surface area contributed by atoms with Gasteiger partial charge in [0.05, 0.1) is 6.20 Å². The van der Waals surface area contributed by atoms with E-state index in [0.29, 0.717) is 28.3 Å². The summed E-state index contributed by atoms with van der Waals surface area (Å²) in [4.78, 5) is 12.0. The molecule has 0 unspecified atom stereocenters. The Bertz CT molecular complexity index is 1090. The van der Waals surface area contributed by atoms with Crippen LogP contribution in [0, 0.1) is 11.6 Å². The number of benzene rings is 2. The largest absolute Gasteiger partial charge is 0.408 e. The van der Waals surface area contributed by atoms with Crippen molar-refractivity contribution in [2.24, 2.45) is 0 Å². The standard InChI is InChI=1S/C19H12F5N3O/c20-12-1-2-13(17(21)4-12)16-5-15-10(6-25-18(15)28)3-14(16)11-7-26-27(8-11)9-19(22,23)24/h1-5,7-8H,6,9H2,(H,25,28). The summed E-state index contributed by atoms with van der Waals surface area (Å²) in [6.45, 7) is -1.01. The van der Waals surface area contributed by atoms with E-state index in [9.17, 15) is 26.7 Å². The minimum atomic E-state index is -4.44. The van der Waals surface area contributed by atoms with Gasteiger partial charge in [-0.3, -0.25) is 9.48 Å². The topological polar surface area (TPSA) is 46.9 Å². The predicted octanol–water partition coefficient (Wildman–Crippen LogP) is 4.30. The Morgan fingerprint density at radius 3 is 2.54 bits per heavy atom. The fourth-order valence-corrected chi connectivity index (χ4v) is 3.22. The number of hydrogen-bond donors (Lipinski definition) is 1. The molecule has 4 nitrogen and oxygen atoms in total. The Hall–Kier alpha value is -3.23. The van der Waals surface area contributed by atoms with E-state index in [1.165, 1.54) is 24.5 Å². The third kappa shape index (κ3) is 3.35. The van der Waals surface area contributed by atoms with E-state index in [1.54, 1.807) is 6.07 Å². The number of carbonyl (C=O) groups excluding carboxylic acids is 1. The van der Waals surface area contributed by atoms with E-state index < -0.39 is 24.4 Å². The van der Waals surface area contributed by atoms with Gasteiger partial charge in [-0.05, 0) is 41.0 Å². The fourth-order valence-electron chi connectivity index (χ4n) is 3.22. The monoisotopic (exact) mass is 393 g/mol. The first-order valence-electron chi connectivity index (χ1n) is 8.21. The second kappa shape index (κ2) is 6.43. The van der Waals surface area contributed by atoms with Crippen LogP contribution in [0.2, 0.25) is 0 Å². The third-order valence-corrected chi connectivity index (χ3v) is 4.43. The van der Waals surface area contributed by atoms with Crippen LogP contribution in [0.25, 0.3) is 22.3 Å². The smallest absolute Gasteiger partial charge is 0.348 e. The van der Waals surface area contributed by atoms with Crippen molar-refractivity contribution in [2.45, 2.75) is 19.3 Å². The number of halogens is 5. The van der Waals surface area contributed by atoms with Crippen LogP contribution >= 0.6 is 0 Å². The molecule has 0 saturated heterocycles. The zero-order chi connectivity index (χ0) is 20.1. The van der Waals surface area contributed by atoms with Crippen LogP contribution in [0.1, 0.15) is 15.9 Å². The summed E-state index contributed by atoms with van der Waals surface area (Å²) in [6.07, 6.45) is -2.00. The Morgan fingerprint density at radius 2 is 1.82 bits per heavy atom. The van der Waals surface area contributed by atoms with Gasteiger partial charge < -0.3 is 5.32 Å². The van der Waals surface area contributed by atoms with Gasteiger partial charge in [0.25, 0.3) is 5.91 Å². The van der Waals surface area contributed by atoms with Crippen molar-refractivity contribution >= 4 is 5.91 Å². The molecule has 144 valence electrons. The van der Waals surface area contributed by atoms with Gasteiger partial charge in [0.15, 0.2) is 0 Å². The molecular weight excluding hydrogens is 381 g/mol. The molecule has 0 radical (unpaired) electrons. The highest BCUT2D eigenvalue weighted by atomic mass is 19.4. The van der Waals surface area contributed by atoms with E-state index in [1.807, 2.05) is 0 Å². The highest BCUT2D eigenvalue weighted by Gasteiger charge is 2.29. The normalized spacial score (nSPS) is 13.5. The van der Waals surface area contributed by atoms with Crippen LogP contribution in [0.15, 0.2) is 42.7 Å². The molecular formula is C19H12F5N3O. The van der Waals surface area contributed by atoms with Crippen molar-refractivity contribution in [2.75, 3.05) is 0 Å². The van der Waals surface area contributed by atoms with Gasteiger partial charge in [0.1, 0.15) is 18.2 Å². The lowest BCUT2D eigenvalue weighted by atomic mass is 9.91. The molecule has 0 aliphatic carbocycles. The Balaban J connectivity index is 1.88. The summed E-state index contributed by atoms with van der Waals surface area (Å²) in [7, 11) is 0. The highest BCUT2D eigenvalue weighted by Crippen LogP contribution is 2.37. The van der Waals surface area contributed by atoms with Crippen molar-refractivity contribution < 1.29 is 26.7 Å². The molecule has 4 rings (SSSR count). The van der Waals surface area contributed by atoms with E-state index in [4.69, 9.17) is 0 Å². The molecule has 28 heavy (non-hydrogen) atoms. The molecule has 0 spiro atoms. The average molecular weight is 393 g/mol. The SMILES string of the molecule is O=C1NCc2cc(-c3cnn(CC(F)(F)F)c3)c(-c3ccc(F)cc3F)cc21. The van der Waals surface area contributed by atoms with Gasteiger partial charge >= 0.3 is 6.18 Å². The summed E-state index contributed by atoms with van der Waals surface area (Å²) in [5, 5.41) is 6.36. The number of aromatic nitrogens is 2. The van der Waals surface area contributed by atoms with Crippen LogP contribution in [0.4, 0.5) is 22.0 Å². The Morgan fingerprint density at radius 1 is 1.04 bits per heavy atom. The van der Waals surface area contributed by atoms with Crippen LogP contribution in [0.5, 0.6) is 0 Å². The van der Waals surface area contributed by atoms with Crippen molar-refractivity contribution in [3.8, 4) is 22.3 Å². The number of nitrogens with one attached hydrogen (secondary N) is 1. The number of fused-ring (bicyclic) bond motifs is 1. The summed E-state index contributed by atoms with van der Waals surface area (Å²) in [6, 6.07) is 6.08. The first kappa shape index (κ1) is 18.1. The summed E-state index contributed by atoms with van der Waals surface area (Å²) in [5.74, 6) is -1.94. The molecule has 1 aliphatic rings. The molecule has 0 atom stereocenters. The zero-order valence-electron chi connectivity index (χ0n) is 14.1. The molecule has 1 N–H and O–H groups in total. The Labute approximate surface area is 155 Å². The van der Waals surface area contributed by atoms with Gasteiger partial charge in [-0.2, -0.15) is 18.3 Å². The van der Waals surface area contributed by atoms with Gasteiger partial charge in [0.2, 0.25) is 0 Å². The summed E-state index contributed by atoms with van der Waals surface area (Å²) >= 11 is 0. The third-order valence-electron chi connectivity index (χ3n) is 4.43.